The second-order valence-corrected chi connectivity index (χ2v) is 11.5. The fourth-order valence-electron chi connectivity index (χ4n) is 5.44. The van der Waals surface area contributed by atoms with Crippen molar-refractivity contribution < 1.29 is 13.2 Å². The maximum absolute atomic E-state index is 13.7. The van der Waals surface area contributed by atoms with Gasteiger partial charge in [0.1, 0.15) is 6.04 Å². The third kappa shape index (κ3) is 3.73. The lowest BCUT2D eigenvalue weighted by atomic mass is 10.0. The van der Waals surface area contributed by atoms with E-state index in [1.54, 1.807) is 18.2 Å². The molecule has 1 atom stereocenters. The maximum Gasteiger partial charge on any atom is 0.243 e. The van der Waals surface area contributed by atoms with E-state index in [0.717, 1.165) is 39.8 Å². The fourth-order valence-corrected chi connectivity index (χ4v) is 6.08. The van der Waals surface area contributed by atoms with Gasteiger partial charge in [-0.1, -0.05) is 48.5 Å². The molecule has 1 unspecified atom stereocenters. The smallest absolute Gasteiger partial charge is 0.243 e. The van der Waals surface area contributed by atoms with Crippen molar-refractivity contribution in [3.05, 3.63) is 83.6 Å². The number of aryl methyl sites for hydroxylation is 1. The van der Waals surface area contributed by atoms with Crippen molar-refractivity contribution in [3.63, 3.8) is 0 Å². The van der Waals surface area contributed by atoms with Crippen molar-refractivity contribution in [2.75, 3.05) is 17.7 Å². The van der Waals surface area contributed by atoms with Gasteiger partial charge in [-0.05, 0) is 60.2 Å². The molecule has 2 heterocycles. The van der Waals surface area contributed by atoms with Crippen molar-refractivity contribution in [2.45, 2.75) is 36.7 Å². The van der Waals surface area contributed by atoms with Crippen LogP contribution in [0.1, 0.15) is 35.7 Å². The van der Waals surface area contributed by atoms with Gasteiger partial charge in [-0.25, -0.2) is 18.4 Å². The van der Waals surface area contributed by atoms with Crippen LogP contribution < -0.4 is 10.2 Å². The molecule has 0 bridgehead atoms. The van der Waals surface area contributed by atoms with E-state index in [0.29, 0.717) is 24.4 Å². The molecule has 1 saturated heterocycles. The van der Waals surface area contributed by atoms with Crippen LogP contribution in [0.2, 0.25) is 0 Å². The summed E-state index contributed by atoms with van der Waals surface area (Å²) in [6.07, 6.45) is 2.73. The monoisotopic (exact) mass is 498 g/mol. The summed E-state index contributed by atoms with van der Waals surface area (Å²) >= 11 is 0. The van der Waals surface area contributed by atoms with Crippen molar-refractivity contribution in [1.82, 2.24) is 15.3 Å². The second-order valence-electron chi connectivity index (χ2n) is 9.53. The maximum atomic E-state index is 13.7. The van der Waals surface area contributed by atoms with Gasteiger partial charge in [-0.2, -0.15) is 0 Å². The molecule has 1 aromatic heterocycles. The molecule has 8 heteroatoms. The van der Waals surface area contributed by atoms with Gasteiger partial charge >= 0.3 is 0 Å². The molecule has 2 aliphatic rings. The van der Waals surface area contributed by atoms with E-state index >= 15 is 0 Å². The highest BCUT2D eigenvalue weighted by molar-refractivity contribution is 7.90. The van der Waals surface area contributed by atoms with E-state index in [4.69, 9.17) is 9.97 Å². The minimum Gasteiger partial charge on any atom is -0.343 e. The van der Waals surface area contributed by atoms with Crippen LogP contribution >= 0.6 is 0 Å². The number of amides is 1. The highest BCUT2D eigenvalue weighted by atomic mass is 32.2. The van der Waals surface area contributed by atoms with E-state index in [-0.39, 0.29) is 16.8 Å². The quantitative estimate of drug-likeness (QED) is 0.454. The number of aromatic nitrogens is 2. The Morgan fingerprint density at radius 3 is 2.31 bits per heavy atom. The van der Waals surface area contributed by atoms with Crippen LogP contribution in [0.4, 0.5) is 5.95 Å². The first kappa shape index (κ1) is 22.7. The molecule has 6 rings (SSSR count). The molecule has 0 radical (unpaired) electrons. The topological polar surface area (TPSA) is 92.3 Å². The lowest BCUT2D eigenvalue weighted by Crippen LogP contribution is -2.45. The van der Waals surface area contributed by atoms with Gasteiger partial charge in [-0.15, -0.1) is 0 Å². The Kier molecular flexibility index (Phi) is 5.30. The highest BCUT2D eigenvalue weighted by Gasteiger charge is 2.36. The molecule has 3 aromatic carbocycles. The third-order valence-electron chi connectivity index (χ3n) is 7.21. The Hall–Kier alpha value is -3.78. The summed E-state index contributed by atoms with van der Waals surface area (Å²) in [5.74, 6) is 0.394. The summed E-state index contributed by atoms with van der Waals surface area (Å²) in [7, 11) is -3.36. The second kappa shape index (κ2) is 8.41. The predicted molar refractivity (Wildman–Crippen MR) is 140 cm³/mol. The molecule has 1 aliphatic carbocycles. The minimum absolute atomic E-state index is 0.0600. The van der Waals surface area contributed by atoms with Crippen molar-refractivity contribution in [1.29, 1.82) is 0 Å². The van der Waals surface area contributed by atoms with Crippen LogP contribution in [0.15, 0.2) is 71.6 Å². The molecule has 0 saturated carbocycles. The Morgan fingerprint density at radius 1 is 0.972 bits per heavy atom. The zero-order valence-electron chi connectivity index (χ0n) is 20.1. The zero-order chi connectivity index (χ0) is 25.0. The average molecular weight is 499 g/mol. The largest absolute Gasteiger partial charge is 0.343 e. The SMILES string of the molecule is Cc1nc(N2CCCC2C(=O)NC2c3ccccc3-c3ccccc32)nc2cc(S(C)(=O)=O)ccc12. The van der Waals surface area contributed by atoms with E-state index in [1.165, 1.54) is 6.26 Å². The van der Waals surface area contributed by atoms with Crippen molar-refractivity contribution in [2.24, 2.45) is 0 Å². The molecule has 1 amide bonds. The minimum atomic E-state index is -3.36. The Balaban J connectivity index is 1.33. The number of hydrogen-bond donors (Lipinski definition) is 1. The molecular formula is C28H26N4O3S. The average Bonchev–Trinajstić information content (AvgIpc) is 3.47. The van der Waals surface area contributed by atoms with Gasteiger partial charge in [0.05, 0.1) is 22.1 Å². The number of nitrogens with zero attached hydrogens (tertiary/aromatic N) is 3. The normalized spacial score (nSPS) is 17.3. The Labute approximate surface area is 210 Å². The van der Waals surface area contributed by atoms with Gasteiger partial charge in [0.2, 0.25) is 11.9 Å². The molecule has 4 aromatic rings. The molecule has 1 N–H and O–H groups in total. The summed E-state index contributed by atoms with van der Waals surface area (Å²) in [5, 5.41) is 4.10. The summed E-state index contributed by atoms with van der Waals surface area (Å²) in [6, 6.07) is 20.7. The van der Waals surface area contributed by atoms with Gasteiger partial charge in [0, 0.05) is 18.2 Å². The molecule has 1 aliphatic heterocycles. The van der Waals surface area contributed by atoms with Crippen molar-refractivity contribution in [3.8, 4) is 11.1 Å². The number of fused-ring (bicyclic) bond motifs is 4. The number of hydrogen-bond acceptors (Lipinski definition) is 6. The predicted octanol–water partition coefficient (Wildman–Crippen LogP) is 4.20. The summed E-state index contributed by atoms with van der Waals surface area (Å²) in [5.41, 5.74) is 5.81. The van der Waals surface area contributed by atoms with Gasteiger partial charge in [0.15, 0.2) is 9.84 Å². The van der Waals surface area contributed by atoms with Gasteiger partial charge < -0.3 is 10.2 Å². The molecular weight excluding hydrogens is 472 g/mol. The molecule has 182 valence electrons. The summed E-state index contributed by atoms with van der Waals surface area (Å²) in [6.45, 7) is 2.54. The molecule has 7 nitrogen and oxygen atoms in total. The van der Waals surface area contributed by atoms with Gasteiger partial charge in [0.25, 0.3) is 0 Å². The highest BCUT2D eigenvalue weighted by Crippen LogP contribution is 2.43. The van der Waals surface area contributed by atoms with E-state index < -0.39 is 15.9 Å². The van der Waals surface area contributed by atoms with Crippen LogP contribution in [0.25, 0.3) is 22.0 Å². The first-order valence-corrected chi connectivity index (χ1v) is 13.9. The standard InChI is InChI=1S/C28H26N4O3S/c1-17-19-14-13-18(36(2,34)35)16-24(19)30-28(29-17)32-15-7-12-25(32)27(33)31-26-22-10-5-3-8-20(22)21-9-4-6-11-23(21)26/h3-6,8-11,13-14,16,25-26H,7,12,15H2,1-2H3,(H,31,33). The number of nitrogens with one attached hydrogen (secondary N) is 1. The number of anilines is 1. The lowest BCUT2D eigenvalue weighted by molar-refractivity contribution is -0.122. The van der Waals surface area contributed by atoms with Gasteiger partial charge in [-0.3, -0.25) is 4.79 Å². The Bertz CT molecular complexity index is 1590. The molecule has 36 heavy (non-hydrogen) atoms. The number of carbonyl (C=O) groups is 1. The van der Waals surface area contributed by atoms with Crippen LogP contribution in [0.3, 0.4) is 0 Å². The van der Waals surface area contributed by atoms with Crippen LogP contribution in [-0.4, -0.2) is 43.1 Å². The van der Waals surface area contributed by atoms with E-state index in [2.05, 4.69) is 29.6 Å². The van der Waals surface area contributed by atoms with E-state index in [9.17, 15) is 13.2 Å². The fraction of sp³-hybridized carbons (Fsp3) is 0.250. The zero-order valence-corrected chi connectivity index (χ0v) is 20.9. The third-order valence-corrected chi connectivity index (χ3v) is 8.32. The van der Waals surface area contributed by atoms with Crippen LogP contribution in [0.5, 0.6) is 0 Å². The first-order valence-electron chi connectivity index (χ1n) is 12.0. The summed E-state index contributed by atoms with van der Waals surface area (Å²) < 4.78 is 24.2. The Morgan fingerprint density at radius 2 is 1.64 bits per heavy atom. The number of carbonyl (C=O) groups excluding carboxylic acids is 1. The van der Waals surface area contributed by atoms with E-state index in [1.807, 2.05) is 36.1 Å². The number of sulfone groups is 1. The van der Waals surface area contributed by atoms with Crippen LogP contribution in [-0.2, 0) is 14.6 Å². The molecule has 0 spiro atoms. The first-order chi connectivity index (χ1) is 17.3. The molecule has 1 fully saturated rings. The summed E-state index contributed by atoms with van der Waals surface area (Å²) in [4.78, 5) is 25.2. The van der Waals surface area contributed by atoms with Crippen LogP contribution in [0, 0.1) is 6.92 Å². The lowest BCUT2D eigenvalue weighted by Gasteiger charge is -2.26. The number of benzene rings is 3. The van der Waals surface area contributed by atoms with Crippen molar-refractivity contribution >= 4 is 32.6 Å². The number of rotatable bonds is 4.